The summed E-state index contributed by atoms with van der Waals surface area (Å²) in [5.41, 5.74) is 1.20. The number of anilines is 2. The van der Waals surface area contributed by atoms with Crippen LogP contribution in [0.2, 0.25) is 5.02 Å². The molecule has 0 bridgehead atoms. The van der Waals surface area contributed by atoms with Crippen LogP contribution in [-0.4, -0.2) is 39.7 Å². The van der Waals surface area contributed by atoms with Crippen LogP contribution in [0.15, 0.2) is 77.9 Å². The minimum Gasteiger partial charge on any atom is -0.456 e. The van der Waals surface area contributed by atoms with Gasteiger partial charge in [-0.05, 0) is 66.9 Å². The molecule has 2 aromatic carbocycles. The fraction of sp³-hybridized carbons (Fsp3) is 0.207. The summed E-state index contributed by atoms with van der Waals surface area (Å²) in [4.78, 5) is 34.2. The summed E-state index contributed by atoms with van der Waals surface area (Å²) in [6, 6.07) is 19.5. The number of carbonyl (C=O) groups is 1. The molecule has 1 saturated heterocycles. The van der Waals surface area contributed by atoms with E-state index < -0.39 is 11.5 Å². The van der Waals surface area contributed by atoms with Crippen molar-refractivity contribution >= 4 is 29.1 Å². The van der Waals surface area contributed by atoms with Crippen molar-refractivity contribution in [3.05, 3.63) is 105 Å². The number of hydrogen-bond donors (Lipinski definition) is 2. The summed E-state index contributed by atoms with van der Waals surface area (Å²) >= 11 is 6.05. The second-order valence-electron chi connectivity index (χ2n) is 9.14. The van der Waals surface area contributed by atoms with Gasteiger partial charge in [-0.1, -0.05) is 23.7 Å². The number of nitrogens with zero attached hydrogens (tertiary/aromatic N) is 4. The number of hydrogen-bond acceptors (Lipinski definition) is 8. The van der Waals surface area contributed by atoms with Crippen LogP contribution in [0.1, 0.15) is 34.5 Å². The molecule has 1 aliphatic heterocycles. The maximum atomic E-state index is 13.0. The van der Waals surface area contributed by atoms with Gasteiger partial charge in [0.2, 0.25) is 5.95 Å². The van der Waals surface area contributed by atoms with Crippen LogP contribution in [-0.2, 0) is 11.3 Å². The van der Waals surface area contributed by atoms with Gasteiger partial charge in [0.05, 0.1) is 12.7 Å². The molecule has 1 aliphatic rings. The molecular weight excluding hydrogens is 532 g/mol. The maximum Gasteiger partial charge on any atom is 0.287 e. The molecule has 40 heavy (non-hydrogen) atoms. The molecule has 1 amide bonds. The summed E-state index contributed by atoms with van der Waals surface area (Å²) in [7, 11) is 0. The molecule has 2 aromatic heterocycles. The van der Waals surface area contributed by atoms with Gasteiger partial charge in [0.1, 0.15) is 28.8 Å². The minimum atomic E-state index is -0.632. The fourth-order valence-electron chi connectivity index (χ4n) is 4.14. The van der Waals surface area contributed by atoms with E-state index >= 15 is 0 Å². The van der Waals surface area contributed by atoms with Crippen molar-refractivity contribution in [2.24, 2.45) is 0 Å². The third kappa shape index (κ3) is 6.83. The van der Waals surface area contributed by atoms with Gasteiger partial charge < -0.3 is 24.7 Å². The van der Waals surface area contributed by atoms with Gasteiger partial charge in [-0.15, -0.1) is 0 Å². The lowest BCUT2D eigenvalue weighted by atomic mass is 10.1. The molecule has 0 spiro atoms. The Balaban J connectivity index is 1.37. The van der Waals surface area contributed by atoms with E-state index in [0.29, 0.717) is 60.5 Å². The average molecular weight is 557 g/mol. The Morgan fingerprint density at radius 2 is 1.80 bits per heavy atom. The van der Waals surface area contributed by atoms with Crippen LogP contribution in [0.25, 0.3) is 0 Å². The molecule has 11 heteroatoms. The zero-order valence-electron chi connectivity index (χ0n) is 21.3. The second kappa shape index (κ2) is 12.4. The summed E-state index contributed by atoms with van der Waals surface area (Å²) in [5.74, 6) is 0.864. The number of benzene rings is 2. The highest BCUT2D eigenvalue weighted by atomic mass is 35.5. The number of halogens is 1. The third-order valence-electron chi connectivity index (χ3n) is 6.26. The normalized spacial score (nSPS) is 13.3. The summed E-state index contributed by atoms with van der Waals surface area (Å²) in [6.45, 7) is 1.49. The first-order valence-electron chi connectivity index (χ1n) is 12.6. The monoisotopic (exact) mass is 556 g/mol. The molecule has 4 aromatic rings. The molecule has 202 valence electrons. The topological polar surface area (TPSA) is 131 Å². The Morgan fingerprint density at radius 3 is 2.48 bits per heavy atom. The quantitative estimate of drug-likeness (QED) is 0.320. The van der Waals surface area contributed by atoms with Crippen LogP contribution in [0.3, 0.4) is 0 Å². The van der Waals surface area contributed by atoms with Crippen LogP contribution < -0.4 is 20.9 Å². The van der Waals surface area contributed by atoms with E-state index in [4.69, 9.17) is 26.3 Å². The number of pyridine rings is 1. The Bertz CT molecular complexity index is 1580. The van der Waals surface area contributed by atoms with E-state index in [9.17, 15) is 9.59 Å². The molecule has 1 fully saturated rings. The number of carbonyl (C=O) groups excluding carboxylic acids is 1. The number of nitriles is 1. The summed E-state index contributed by atoms with van der Waals surface area (Å²) in [5, 5.41) is 15.6. The number of aromatic nitrogens is 3. The molecule has 0 saturated carbocycles. The zero-order valence-corrected chi connectivity index (χ0v) is 22.1. The zero-order chi connectivity index (χ0) is 27.9. The predicted octanol–water partition coefficient (Wildman–Crippen LogP) is 4.66. The van der Waals surface area contributed by atoms with Crippen molar-refractivity contribution in [2.45, 2.75) is 25.4 Å². The largest absolute Gasteiger partial charge is 0.456 e. The molecule has 3 heterocycles. The van der Waals surface area contributed by atoms with Gasteiger partial charge in [-0.3, -0.25) is 9.59 Å². The first-order chi connectivity index (χ1) is 19.5. The first-order valence-corrected chi connectivity index (χ1v) is 13.0. The van der Waals surface area contributed by atoms with E-state index in [1.54, 1.807) is 53.1 Å². The van der Waals surface area contributed by atoms with Gasteiger partial charge in [0, 0.05) is 36.2 Å². The van der Waals surface area contributed by atoms with Gasteiger partial charge in [-0.25, -0.2) is 4.98 Å². The van der Waals surface area contributed by atoms with E-state index in [2.05, 4.69) is 20.6 Å². The molecule has 0 unspecified atom stereocenters. The summed E-state index contributed by atoms with van der Waals surface area (Å²) in [6.07, 6.45) is 4.39. The van der Waals surface area contributed by atoms with Crippen LogP contribution in [0.5, 0.6) is 11.5 Å². The first kappa shape index (κ1) is 26.9. The molecule has 2 N–H and O–H groups in total. The van der Waals surface area contributed by atoms with Gasteiger partial charge >= 0.3 is 0 Å². The van der Waals surface area contributed by atoms with Gasteiger partial charge in [0.25, 0.3) is 11.5 Å². The van der Waals surface area contributed by atoms with Crippen molar-refractivity contribution in [3.8, 4) is 17.6 Å². The predicted molar refractivity (Wildman–Crippen MR) is 149 cm³/mol. The smallest absolute Gasteiger partial charge is 0.287 e. The molecular formula is C29H25ClN6O4. The van der Waals surface area contributed by atoms with E-state index in [0.717, 1.165) is 5.56 Å². The van der Waals surface area contributed by atoms with Gasteiger partial charge in [0.15, 0.2) is 0 Å². The Labute approximate surface area is 235 Å². The highest BCUT2D eigenvalue weighted by Gasteiger charge is 2.21. The number of ether oxygens (including phenoxy) is 2. The van der Waals surface area contributed by atoms with E-state index in [-0.39, 0.29) is 17.6 Å². The Morgan fingerprint density at radius 1 is 1.07 bits per heavy atom. The third-order valence-corrected chi connectivity index (χ3v) is 6.51. The minimum absolute atomic E-state index is 0.0363. The highest BCUT2D eigenvalue weighted by molar-refractivity contribution is 6.30. The van der Waals surface area contributed by atoms with Crippen molar-refractivity contribution in [2.75, 3.05) is 18.5 Å². The van der Waals surface area contributed by atoms with E-state index in [1.807, 2.05) is 18.2 Å². The van der Waals surface area contributed by atoms with Crippen molar-refractivity contribution in [1.82, 2.24) is 19.9 Å². The number of rotatable bonds is 8. The number of amides is 1. The Hall–Kier alpha value is -4.72. The average Bonchev–Trinajstić information content (AvgIpc) is 2.97. The molecule has 10 nitrogen and oxygen atoms in total. The van der Waals surface area contributed by atoms with Crippen molar-refractivity contribution < 1.29 is 14.3 Å². The SMILES string of the molecule is N#Cc1ccc(Oc2ccc(Nc3nc(=O)c(C(=O)NC4CCOCC4)cn3Cc3ccc(Cl)cc3)cc2)cn1. The maximum absolute atomic E-state index is 13.0. The summed E-state index contributed by atoms with van der Waals surface area (Å²) < 4.78 is 12.9. The van der Waals surface area contributed by atoms with Crippen molar-refractivity contribution in [1.29, 1.82) is 5.26 Å². The lowest BCUT2D eigenvalue weighted by molar-refractivity contribution is 0.0695. The molecule has 0 aliphatic carbocycles. The molecule has 0 radical (unpaired) electrons. The molecule has 5 rings (SSSR count). The Kier molecular flexibility index (Phi) is 8.35. The number of nitrogens with one attached hydrogen (secondary N) is 2. The van der Waals surface area contributed by atoms with Gasteiger partial charge in [-0.2, -0.15) is 10.2 Å². The lowest BCUT2D eigenvalue weighted by Gasteiger charge is -2.23. The van der Waals surface area contributed by atoms with Crippen LogP contribution in [0.4, 0.5) is 11.6 Å². The standard InChI is InChI=1S/C29H25ClN6O4/c30-20-3-1-19(2-4-20)17-36-18-26(27(37)33-22-11-13-39-14-12-22)28(38)35-29(36)34-21-5-8-24(9-6-21)40-25-10-7-23(15-31)32-16-25/h1-10,16,18,22H,11-14,17H2,(H,33,37)(H,34,35,38). The molecule has 0 atom stereocenters. The fourth-order valence-corrected chi connectivity index (χ4v) is 4.26. The second-order valence-corrected chi connectivity index (χ2v) is 9.58. The lowest BCUT2D eigenvalue weighted by Crippen LogP contribution is -2.41. The van der Waals surface area contributed by atoms with Crippen molar-refractivity contribution in [3.63, 3.8) is 0 Å². The van der Waals surface area contributed by atoms with Crippen LogP contribution in [0, 0.1) is 11.3 Å². The highest BCUT2D eigenvalue weighted by Crippen LogP contribution is 2.24. The van der Waals surface area contributed by atoms with Crippen LogP contribution >= 0.6 is 11.6 Å². The van der Waals surface area contributed by atoms with E-state index in [1.165, 1.54) is 12.4 Å².